The first-order chi connectivity index (χ1) is 6.54. The number of nitrogens with zero attached hydrogens (tertiary/aromatic N) is 2. The average Bonchev–Trinajstić information content (AvgIpc) is 2.59. The summed E-state index contributed by atoms with van der Waals surface area (Å²) < 4.78 is 2.14. The van der Waals surface area contributed by atoms with Gasteiger partial charge in [-0.15, -0.1) is 0 Å². The monoisotopic (exact) mass is 211 g/mol. The molecule has 1 aromatic rings. The second-order valence-corrected chi connectivity index (χ2v) is 5.64. The van der Waals surface area contributed by atoms with Crippen molar-refractivity contribution in [3.05, 3.63) is 17.0 Å². The molecule has 14 heavy (non-hydrogen) atoms. The van der Waals surface area contributed by atoms with Gasteiger partial charge in [-0.2, -0.15) is 16.9 Å². The largest absolute Gasteiger partial charge is 0.325 e. The number of thioether (sulfide) groups is 1. The van der Waals surface area contributed by atoms with Gasteiger partial charge >= 0.3 is 0 Å². The summed E-state index contributed by atoms with van der Waals surface area (Å²) in [5.41, 5.74) is 9.61. The maximum atomic E-state index is 5.69. The minimum Gasteiger partial charge on any atom is -0.325 e. The van der Waals surface area contributed by atoms with Crippen molar-refractivity contribution in [2.24, 2.45) is 5.73 Å². The standard InChI is InChI=1S/C10H17N3S/c1-10(2,3)13-9-6-14-5-7(9)8(4-11)12-13/h4-6,11H2,1-3H3. The molecule has 2 heterocycles. The van der Waals surface area contributed by atoms with Gasteiger partial charge in [-0.1, -0.05) is 0 Å². The Bertz CT molecular complexity index is 349. The molecule has 1 aliphatic heterocycles. The van der Waals surface area contributed by atoms with Gasteiger partial charge in [0.1, 0.15) is 0 Å². The van der Waals surface area contributed by atoms with Crippen LogP contribution < -0.4 is 5.73 Å². The van der Waals surface area contributed by atoms with Gasteiger partial charge in [0.2, 0.25) is 0 Å². The van der Waals surface area contributed by atoms with E-state index >= 15 is 0 Å². The summed E-state index contributed by atoms with van der Waals surface area (Å²) in [6, 6.07) is 0. The summed E-state index contributed by atoms with van der Waals surface area (Å²) in [7, 11) is 0. The fourth-order valence-corrected chi connectivity index (χ4v) is 2.95. The lowest BCUT2D eigenvalue weighted by molar-refractivity contribution is 0.345. The number of hydrogen-bond donors (Lipinski definition) is 1. The van der Waals surface area contributed by atoms with Crippen molar-refractivity contribution in [3.63, 3.8) is 0 Å². The molecule has 0 saturated heterocycles. The predicted octanol–water partition coefficient (Wildman–Crippen LogP) is 1.84. The highest BCUT2D eigenvalue weighted by Crippen LogP contribution is 2.34. The smallest absolute Gasteiger partial charge is 0.0804 e. The van der Waals surface area contributed by atoms with Gasteiger partial charge in [-0.05, 0) is 20.8 Å². The maximum Gasteiger partial charge on any atom is 0.0804 e. The zero-order valence-corrected chi connectivity index (χ0v) is 9.82. The molecule has 2 N–H and O–H groups in total. The Labute approximate surface area is 89.1 Å². The zero-order valence-electron chi connectivity index (χ0n) is 9.00. The van der Waals surface area contributed by atoms with E-state index in [1.165, 1.54) is 11.3 Å². The Morgan fingerprint density at radius 3 is 2.71 bits per heavy atom. The highest BCUT2D eigenvalue weighted by molar-refractivity contribution is 7.98. The normalized spacial score (nSPS) is 16.0. The molecular weight excluding hydrogens is 194 g/mol. The number of fused-ring (bicyclic) bond motifs is 1. The van der Waals surface area contributed by atoms with E-state index in [-0.39, 0.29) is 5.54 Å². The number of nitrogens with two attached hydrogens (primary N) is 1. The van der Waals surface area contributed by atoms with Crippen LogP contribution in [-0.4, -0.2) is 9.78 Å². The van der Waals surface area contributed by atoms with Crippen LogP contribution in [0.3, 0.4) is 0 Å². The van der Waals surface area contributed by atoms with E-state index in [0.717, 1.165) is 17.2 Å². The predicted molar refractivity (Wildman–Crippen MR) is 60.1 cm³/mol. The third-order valence-electron chi connectivity index (χ3n) is 2.49. The molecule has 0 radical (unpaired) electrons. The molecule has 78 valence electrons. The van der Waals surface area contributed by atoms with Crippen molar-refractivity contribution < 1.29 is 0 Å². The van der Waals surface area contributed by atoms with Crippen LogP contribution in [0.1, 0.15) is 37.7 Å². The van der Waals surface area contributed by atoms with E-state index in [0.29, 0.717) is 6.54 Å². The zero-order chi connectivity index (χ0) is 10.3. The summed E-state index contributed by atoms with van der Waals surface area (Å²) >= 11 is 1.95. The molecule has 0 saturated carbocycles. The van der Waals surface area contributed by atoms with Crippen LogP contribution in [0.25, 0.3) is 0 Å². The molecule has 1 aliphatic rings. The van der Waals surface area contributed by atoms with Gasteiger partial charge in [0.15, 0.2) is 0 Å². The summed E-state index contributed by atoms with van der Waals surface area (Å²) in [4.78, 5) is 0. The van der Waals surface area contributed by atoms with Gasteiger partial charge < -0.3 is 5.73 Å². The third-order valence-corrected chi connectivity index (χ3v) is 3.46. The molecule has 1 aromatic heterocycles. The van der Waals surface area contributed by atoms with Gasteiger partial charge in [-0.3, -0.25) is 4.68 Å². The molecule has 0 amide bonds. The molecule has 0 spiro atoms. The van der Waals surface area contributed by atoms with Gasteiger partial charge in [-0.25, -0.2) is 0 Å². The van der Waals surface area contributed by atoms with E-state index in [4.69, 9.17) is 5.73 Å². The lowest BCUT2D eigenvalue weighted by atomic mass is 10.1. The molecular formula is C10H17N3S. The Kier molecular flexibility index (Phi) is 2.35. The molecule has 0 unspecified atom stereocenters. The van der Waals surface area contributed by atoms with Gasteiger partial charge in [0.05, 0.1) is 16.9 Å². The van der Waals surface area contributed by atoms with Crippen LogP contribution in [-0.2, 0) is 23.6 Å². The lowest BCUT2D eigenvalue weighted by Crippen LogP contribution is -2.25. The minimum atomic E-state index is 0.0718. The third kappa shape index (κ3) is 1.46. The fourth-order valence-electron chi connectivity index (χ4n) is 1.82. The van der Waals surface area contributed by atoms with E-state index < -0.39 is 0 Å². The fraction of sp³-hybridized carbons (Fsp3) is 0.700. The number of rotatable bonds is 1. The van der Waals surface area contributed by atoms with Crippen LogP contribution >= 0.6 is 11.8 Å². The second-order valence-electron chi connectivity index (χ2n) is 4.65. The van der Waals surface area contributed by atoms with E-state index in [9.17, 15) is 0 Å². The van der Waals surface area contributed by atoms with Crippen molar-refractivity contribution in [1.29, 1.82) is 0 Å². The quantitative estimate of drug-likeness (QED) is 0.771. The molecule has 4 heteroatoms. The molecule has 3 nitrogen and oxygen atoms in total. The van der Waals surface area contributed by atoms with Crippen molar-refractivity contribution >= 4 is 11.8 Å². The lowest BCUT2D eigenvalue weighted by Gasteiger charge is -2.21. The van der Waals surface area contributed by atoms with Crippen LogP contribution in [0.5, 0.6) is 0 Å². The molecule has 0 aromatic carbocycles. The van der Waals surface area contributed by atoms with Gasteiger partial charge in [0, 0.05) is 23.6 Å². The summed E-state index contributed by atoms with van der Waals surface area (Å²) in [6.45, 7) is 7.11. The van der Waals surface area contributed by atoms with Crippen molar-refractivity contribution in [2.45, 2.75) is 44.4 Å². The van der Waals surface area contributed by atoms with Crippen molar-refractivity contribution in [1.82, 2.24) is 9.78 Å². The summed E-state index contributed by atoms with van der Waals surface area (Å²) in [5.74, 6) is 2.16. The second kappa shape index (κ2) is 3.28. The molecule has 0 bridgehead atoms. The molecule has 0 fully saturated rings. The highest BCUT2D eigenvalue weighted by Gasteiger charge is 2.27. The molecule has 0 atom stereocenters. The Hall–Kier alpha value is -0.480. The Morgan fingerprint density at radius 2 is 2.14 bits per heavy atom. The highest BCUT2D eigenvalue weighted by atomic mass is 32.2. The first-order valence-electron chi connectivity index (χ1n) is 4.92. The first kappa shape index (κ1) is 10.1. The van der Waals surface area contributed by atoms with E-state index in [1.54, 1.807) is 0 Å². The first-order valence-corrected chi connectivity index (χ1v) is 6.07. The Balaban J connectivity index is 2.52. The molecule has 0 aliphatic carbocycles. The van der Waals surface area contributed by atoms with Crippen molar-refractivity contribution in [2.75, 3.05) is 0 Å². The Morgan fingerprint density at radius 1 is 1.43 bits per heavy atom. The average molecular weight is 211 g/mol. The minimum absolute atomic E-state index is 0.0718. The van der Waals surface area contributed by atoms with Crippen LogP contribution in [0.2, 0.25) is 0 Å². The number of aromatic nitrogens is 2. The number of hydrogen-bond acceptors (Lipinski definition) is 3. The van der Waals surface area contributed by atoms with E-state index in [2.05, 4.69) is 30.6 Å². The van der Waals surface area contributed by atoms with Gasteiger partial charge in [0.25, 0.3) is 0 Å². The van der Waals surface area contributed by atoms with Crippen LogP contribution in [0.15, 0.2) is 0 Å². The van der Waals surface area contributed by atoms with Crippen LogP contribution in [0, 0.1) is 0 Å². The maximum absolute atomic E-state index is 5.69. The topological polar surface area (TPSA) is 43.8 Å². The summed E-state index contributed by atoms with van der Waals surface area (Å²) in [6.07, 6.45) is 0. The SMILES string of the molecule is CC(C)(C)n1nc(CN)c2c1CSC2. The van der Waals surface area contributed by atoms with E-state index in [1.807, 2.05) is 11.8 Å². The molecule has 2 rings (SSSR count). The van der Waals surface area contributed by atoms with Crippen LogP contribution in [0.4, 0.5) is 0 Å². The summed E-state index contributed by atoms with van der Waals surface area (Å²) in [5, 5.41) is 4.60. The van der Waals surface area contributed by atoms with Crippen molar-refractivity contribution in [3.8, 4) is 0 Å².